The number of rotatable bonds is 11. The number of nitrogens with zero attached hydrogens (tertiary/aromatic N) is 1. The number of unbranched alkanes of at least 4 members (excludes halogenated alkanes) is 5. The Morgan fingerprint density at radius 1 is 0.929 bits per heavy atom. The molecule has 1 nitrogen and oxygen atoms in total. The highest BCUT2D eigenvalue weighted by molar-refractivity contribution is 6.69. The van der Waals surface area contributed by atoms with Crippen LogP contribution >= 0.6 is 0 Å². The molecule has 28 heavy (non-hydrogen) atoms. The molecule has 2 aliphatic rings. The van der Waals surface area contributed by atoms with Gasteiger partial charge in [-0.1, -0.05) is 107 Å². The summed E-state index contributed by atoms with van der Waals surface area (Å²) in [6.07, 6.45) is 22.8. The van der Waals surface area contributed by atoms with E-state index < -0.39 is 8.96 Å². The highest BCUT2D eigenvalue weighted by atomic mass is 28.3. The second-order valence-electron chi connectivity index (χ2n) is 8.88. The third-order valence-corrected chi connectivity index (χ3v) is 9.70. The Morgan fingerprint density at radius 2 is 1.64 bits per heavy atom. The predicted octanol–water partition coefficient (Wildman–Crippen LogP) is 6.85. The monoisotopic (exact) mass is 395 g/mol. The van der Waals surface area contributed by atoms with Gasteiger partial charge in [-0.15, -0.1) is 0 Å². The van der Waals surface area contributed by atoms with Crippen LogP contribution in [0.3, 0.4) is 0 Å². The Labute approximate surface area is 175 Å². The summed E-state index contributed by atoms with van der Waals surface area (Å²) in [7, 11) is -1.16. The van der Waals surface area contributed by atoms with Gasteiger partial charge in [-0.2, -0.15) is 0 Å². The standard InChI is InChI=1S/C26H41NSi/c1-3-4-5-6-7-10-16-23-17-15-22-26(23)27(24-18-11-8-12-19-24)28(2)25-20-13-9-14-21-25/h9,13-15,17,20-21,24,28H,3-8,10-12,16,18-19,22H2,1-2H3. The number of benzene rings is 1. The van der Waals surface area contributed by atoms with Crippen molar-refractivity contribution in [2.75, 3.05) is 0 Å². The van der Waals surface area contributed by atoms with Crippen molar-refractivity contribution in [2.24, 2.45) is 0 Å². The Morgan fingerprint density at radius 3 is 2.39 bits per heavy atom. The van der Waals surface area contributed by atoms with Crippen LogP contribution < -0.4 is 5.19 Å². The van der Waals surface area contributed by atoms with Crippen LogP contribution in [-0.4, -0.2) is 19.6 Å². The maximum atomic E-state index is 2.97. The first kappa shape index (κ1) is 21.4. The van der Waals surface area contributed by atoms with Gasteiger partial charge in [0.25, 0.3) is 0 Å². The van der Waals surface area contributed by atoms with Gasteiger partial charge < -0.3 is 4.57 Å². The third kappa shape index (κ3) is 5.86. The van der Waals surface area contributed by atoms with Crippen LogP contribution in [0, 0.1) is 0 Å². The smallest absolute Gasteiger partial charge is 0.168 e. The van der Waals surface area contributed by atoms with Crippen molar-refractivity contribution in [3.8, 4) is 0 Å². The molecule has 0 spiro atoms. The molecule has 0 aliphatic heterocycles. The lowest BCUT2D eigenvalue weighted by atomic mass is 9.94. The van der Waals surface area contributed by atoms with E-state index in [1.165, 1.54) is 83.5 Å². The van der Waals surface area contributed by atoms with E-state index in [2.05, 4.69) is 60.5 Å². The molecule has 0 heterocycles. The van der Waals surface area contributed by atoms with E-state index in [0.717, 1.165) is 6.04 Å². The van der Waals surface area contributed by atoms with Gasteiger partial charge in [-0.3, -0.25) is 0 Å². The van der Waals surface area contributed by atoms with Gasteiger partial charge in [-0.25, -0.2) is 0 Å². The summed E-state index contributed by atoms with van der Waals surface area (Å²) in [4.78, 5) is 0. The average molecular weight is 396 g/mol. The molecule has 0 N–H and O–H groups in total. The largest absolute Gasteiger partial charge is 0.396 e. The van der Waals surface area contributed by atoms with Crippen molar-refractivity contribution >= 4 is 14.1 Å². The van der Waals surface area contributed by atoms with Crippen LogP contribution in [0.5, 0.6) is 0 Å². The summed E-state index contributed by atoms with van der Waals surface area (Å²) >= 11 is 0. The van der Waals surface area contributed by atoms with Crippen LogP contribution in [-0.2, 0) is 0 Å². The minimum Gasteiger partial charge on any atom is -0.396 e. The zero-order valence-electron chi connectivity index (χ0n) is 18.3. The molecule has 2 aliphatic carbocycles. The van der Waals surface area contributed by atoms with E-state index in [9.17, 15) is 0 Å². The highest BCUT2D eigenvalue weighted by Gasteiger charge is 2.30. The molecular formula is C26H41NSi. The normalized spacial score (nSPS) is 18.6. The maximum Gasteiger partial charge on any atom is 0.168 e. The SMILES string of the molecule is CCCCCCCCC1=C(N(C2CCCCC2)[SiH](C)c2ccccc2)CC=C1. The summed E-state index contributed by atoms with van der Waals surface area (Å²) < 4.78 is 2.97. The van der Waals surface area contributed by atoms with Gasteiger partial charge in [0.05, 0.1) is 0 Å². The fraction of sp³-hybridized carbons (Fsp3) is 0.615. The van der Waals surface area contributed by atoms with E-state index in [-0.39, 0.29) is 0 Å². The first-order valence-electron chi connectivity index (χ1n) is 12.0. The molecular weight excluding hydrogens is 354 g/mol. The van der Waals surface area contributed by atoms with Crippen molar-refractivity contribution in [1.29, 1.82) is 0 Å². The molecule has 2 heteroatoms. The molecule has 3 rings (SSSR count). The molecule has 1 atom stereocenters. The highest BCUT2D eigenvalue weighted by Crippen LogP contribution is 2.33. The van der Waals surface area contributed by atoms with Crippen LogP contribution in [0.2, 0.25) is 6.55 Å². The van der Waals surface area contributed by atoms with E-state index in [0.29, 0.717) is 0 Å². The second kappa shape index (κ2) is 11.7. The zero-order valence-corrected chi connectivity index (χ0v) is 19.5. The van der Waals surface area contributed by atoms with Crippen molar-refractivity contribution in [2.45, 2.75) is 103 Å². The Bertz CT molecular complexity index is 627. The maximum absolute atomic E-state index is 2.97. The van der Waals surface area contributed by atoms with Gasteiger partial charge in [0, 0.05) is 18.2 Å². The first-order chi connectivity index (χ1) is 13.8. The fourth-order valence-electron chi connectivity index (χ4n) is 5.16. The predicted molar refractivity (Wildman–Crippen MR) is 127 cm³/mol. The lowest BCUT2D eigenvalue weighted by Gasteiger charge is -2.42. The second-order valence-corrected chi connectivity index (χ2v) is 11.5. The molecule has 1 fully saturated rings. The van der Waals surface area contributed by atoms with Crippen LogP contribution in [0.25, 0.3) is 0 Å². The van der Waals surface area contributed by atoms with Crippen LogP contribution in [0.4, 0.5) is 0 Å². The van der Waals surface area contributed by atoms with Gasteiger partial charge in [0.1, 0.15) is 0 Å². The third-order valence-electron chi connectivity index (χ3n) is 6.78. The molecule has 0 amide bonds. The molecule has 1 saturated carbocycles. The minimum atomic E-state index is -1.16. The number of hydrogen-bond donors (Lipinski definition) is 0. The molecule has 1 aromatic carbocycles. The Hall–Kier alpha value is -1.28. The van der Waals surface area contributed by atoms with Crippen LogP contribution in [0.1, 0.15) is 90.4 Å². The van der Waals surface area contributed by atoms with Crippen molar-refractivity contribution in [3.05, 3.63) is 53.8 Å². The minimum absolute atomic E-state index is 0.782. The van der Waals surface area contributed by atoms with Gasteiger partial charge in [-0.05, 0) is 36.4 Å². The molecule has 0 saturated heterocycles. The van der Waals surface area contributed by atoms with Gasteiger partial charge in [0.2, 0.25) is 0 Å². The van der Waals surface area contributed by atoms with Gasteiger partial charge >= 0.3 is 0 Å². The average Bonchev–Trinajstić information content (AvgIpc) is 3.20. The summed E-state index contributed by atoms with van der Waals surface area (Å²) in [6.45, 7) is 4.87. The van der Waals surface area contributed by atoms with E-state index in [1.54, 1.807) is 16.5 Å². The lowest BCUT2D eigenvalue weighted by molar-refractivity contribution is 0.290. The Kier molecular flexibility index (Phi) is 8.92. The molecule has 1 unspecified atom stereocenters. The quantitative estimate of drug-likeness (QED) is 0.292. The number of hydrogen-bond acceptors (Lipinski definition) is 1. The fourth-order valence-corrected chi connectivity index (χ4v) is 7.93. The molecule has 0 radical (unpaired) electrons. The number of allylic oxidation sites excluding steroid dienone is 3. The summed E-state index contributed by atoms with van der Waals surface area (Å²) in [6, 6.07) is 12.2. The van der Waals surface area contributed by atoms with Crippen molar-refractivity contribution in [1.82, 2.24) is 4.57 Å². The summed E-state index contributed by atoms with van der Waals surface area (Å²) in [5, 5.41) is 1.60. The lowest BCUT2D eigenvalue weighted by Crippen LogP contribution is -2.51. The topological polar surface area (TPSA) is 3.24 Å². The zero-order chi connectivity index (χ0) is 19.6. The van der Waals surface area contributed by atoms with E-state index >= 15 is 0 Å². The van der Waals surface area contributed by atoms with Crippen LogP contribution in [0.15, 0.2) is 53.8 Å². The van der Waals surface area contributed by atoms with E-state index in [1.807, 2.05) is 0 Å². The van der Waals surface area contributed by atoms with E-state index in [4.69, 9.17) is 0 Å². The summed E-state index contributed by atoms with van der Waals surface area (Å²) in [5.41, 5.74) is 3.36. The van der Waals surface area contributed by atoms with Crippen molar-refractivity contribution in [3.63, 3.8) is 0 Å². The van der Waals surface area contributed by atoms with Gasteiger partial charge in [0.15, 0.2) is 8.96 Å². The first-order valence-corrected chi connectivity index (χ1v) is 14.3. The summed E-state index contributed by atoms with van der Waals surface area (Å²) in [5.74, 6) is 0. The molecule has 0 aromatic heterocycles. The Balaban J connectivity index is 1.72. The molecule has 154 valence electrons. The molecule has 0 bridgehead atoms. The molecule has 1 aromatic rings. The van der Waals surface area contributed by atoms with Crippen molar-refractivity contribution < 1.29 is 0 Å².